The molecule has 3 heteroatoms. The molecule has 49 heavy (non-hydrogen) atoms. The zero-order valence-electron chi connectivity index (χ0n) is 26.6. The number of anilines is 3. The fraction of sp³-hybridized carbons (Fsp3) is 0. The molecule has 0 unspecified atom stereocenters. The van der Waals surface area contributed by atoms with E-state index in [4.69, 9.17) is 4.42 Å². The van der Waals surface area contributed by atoms with Gasteiger partial charge >= 0.3 is 0 Å². The van der Waals surface area contributed by atoms with Crippen LogP contribution in [0, 0.1) is 0 Å². The number of rotatable bonds is 5. The number of nitrogens with zero attached hydrogens (tertiary/aromatic N) is 2. The second-order valence-electron chi connectivity index (χ2n) is 12.6. The molecule has 0 aliphatic carbocycles. The zero-order chi connectivity index (χ0) is 32.3. The summed E-state index contributed by atoms with van der Waals surface area (Å²) >= 11 is 0. The molecule has 0 bridgehead atoms. The van der Waals surface area contributed by atoms with Gasteiger partial charge in [-0.05, 0) is 124 Å². The Labute approximate surface area is 283 Å². The number of aromatic nitrogens is 1. The van der Waals surface area contributed by atoms with Gasteiger partial charge in [0.25, 0.3) is 0 Å². The van der Waals surface area contributed by atoms with Crippen molar-refractivity contribution >= 4 is 71.4 Å². The Kier molecular flexibility index (Phi) is 6.18. The molecule has 2 aromatic heterocycles. The summed E-state index contributed by atoms with van der Waals surface area (Å²) in [7, 11) is 0. The SMILES string of the molecule is c1ccc(N(c2ccccc2)c2ccc(-c3cc4cc5ccn(-c6ccccc6)c5cc4c4cc5oc6ccccc6c5cc34)cc2)cc1. The summed E-state index contributed by atoms with van der Waals surface area (Å²) in [6, 6.07) is 62.8. The fourth-order valence-corrected chi connectivity index (χ4v) is 7.45. The van der Waals surface area contributed by atoms with Gasteiger partial charge in [-0.2, -0.15) is 0 Å². The Morgan fingerprint density at radius 2 is 1.06 bits per heavy atom. The minimum Gasteiger partial charge on any atom is -0.456 e. The van der Waals surface area contributed by atoms with Crippen LogP contribution in [0.3, 0.4) is 0 Å². The summed E-state index contributed by atoms with van der Waals surface area (Å²) in [4.78, 5) is 2.30. The minimum atomic E-state index is 0.905. The van der Waals surface area contributed by atoms with Gasteiger partial charge in [-0.3, -0.25) is 0 Å². The molecule has 10 aromatic rings. The Balaban J connectivity index is 1.21. The smallest absolute Gasteiger partial charge is 0.136 e. The molecule has 0 fully saturated rings. The summed E-state index contributed by atoms with van der Waals surface area (Å²) in [6.07, 6.45) is 2.17. The Morgan fingerprint density at radius 1 is 0.408 bits per heavy atom. The topological polar surface area (TPSA) is 21.3 Å². The Morgan fingerprint density at radius 3 is 1.80 bits per heavy atom. The third-order valence-corrected chi connectivity index (χ3v) is 9.76. The van der Waals surface area contributed by atoms with Crippen LogP contribution >= 0.6 is 0 Å². The molecule has 0 aliphatic rings. The van der Waals surface area contributed by atoms with Crippen LogP contribution in [-0.4, -0.2) is 4.57 Å². The van der Waals surface area contributed by atoms with Crippen molar-refractivity contribution in [2.45, 2.75) is 0 Å². The second kappa shape index (κ2) is 11.0. The number of furan rings is 1. The summed E-state index contributed by atoms with van der Waals surface area (Å²) < 4.78 is 8.71. The number of benzene rings is 8. The maximum absolute atomic E-state index is 6.44. The van der Waals surface area contributed by atoms with Crippen molar-refractivity contribution in [3.63, 3.8) is 0 Å². The van der Waals surface area contributed by atoms with E-state index in [9.17, 15) is 0 Å². The Hall–Kier alpha value is -6.58. The third kappa shape index (κ3) is 4.51. The molecule has 10 rings (SSSR count). The molecule has 0 atom stereocenters. The molecular formula is C46H30N2O. The fourth-order valence-electron chi connectivity index (χ4n) is 7.45. The minimum absolute atomic E-state index is 0.905. The van der Waals surface area contributed by atoms with Crippen molar-refractivity contribution in [3.05, 3.63) is 182 Å². The highest BCUT2D eigenvalue weighted by atomic mass is 16.3. The third-order valence-electron chi connectivity index (χ3n) is 9.76. The quantitative estimate of drug-likeness (QED) is 0.177. The van der Waals surface area contributed by atoms with E-state index in [0.717, 1.165) is 44.7 Å². The molecule has 8 aromatic carbocycles. The van der Waals surface area contributed by atoms with Gasteiger partial charge in [0.05, 0.1) is 5.52 Å². The lowest BCUT2D eigenvalue weighted by Crippen LogP contribution is -2.09. The van der Waals surface area contributed by atoms with E-state index in [-0.39, 0.29) is 0 Å². The molecule has 0 saturated heterocycles. The first-order chi connectivity index (χ1) is 24.3. The van der Waals surface area contributed by atoms with Crippen LogP contribution in [0.1, 0.15) is 0 Å². The van der Waals surface area contributed by atoms with Crippen molar-refractivity contribution in [1.82, 2.24) is 4.57 Å². The van der Waals surface area contributed by atoms with Crippen LogP contribution in [0.4, 0.5) is 17.1 Å². The van der Waals surface area contributed by atoms with Gasteiger partial charge in [0.1, 0.15) is 11.2 Å². The van der Waals surface area contributed by atoms with Gasteiger partial charge in [-0.1, -0.05) is 84.9 Å². The molecule has 0 aliphatic heterocycles. The van der Waals surface area contributed by atoms with Gasteiger partial charge in [0, 0.05) is 45.1 Å². The average Bonchev–Trinajstić information content (AvgIpc) is 3.75. The summed E-state index contributed by atoms with van der Waals surface area (Å²) in [5.74, 6) is 0. The van der Waals surface area contributed by atoms with Gasteiger partial charge in [0.2, 0.25) is 0 Å². The van der Waals surface area contributed by atoms with Crippen molar-refractivity contribution in [2.24, 2.45) is 0 Å². The maximum atomic E-state index is 6.44. The van der Waals surface area contributed by atoms with Crippen LogP contribution in [0.5, 0.6) is 0 Å². The number of fused-ring (bicyclic) bond motifs is 7. The van der Waals surface area contributed by atoms with Crippen LogP contribution in [0.2, 0.25) is 0 Å². The predicted molar refractivity (Wildman–Crippen MR) is 206 cm³/mol. The molecule has 0 amide bonds. The van der Waals surface area contributed by atoms with Crippen LogP contribution in [0.25, 0.3) is 71.2 Å². The number of hydrogen-bond acceptors (Lipinski definition) is 2. The van der Waals surface area contributed by atoms with E-state index in [1.54, 1.807) is 0 Å². The second-order valence-corrected chi connectivity index (χ2v) is 12.6. The lowest BCUT2D eigenvalue weighted by Gasteiger charge is -2.25. The van der Waals surface area contributed by atoms with Gasteiger partial charge in [0.15, 0.2) is 0 Å². The first-order valence-electron chi connectivity index (χ1n) is 16.7. The van der Waals surface area contributed by atoms with Crippen molar-refractivity contribution in [1.29, 1.82) is 0 Å². The van der Waals surface area contributed by atoms with E-state index < -0.39 is 0 Å². The predicted octanol–water partition coefficient (Wildman–Crippen LogP) is 13.0. The highest BCUT2D eigenvalue weighted by Gasteiger charge is 2.17. The van der Waals surface area contributed by atoms with E-state index >= 15 is 0 Å². The molecule has 0 radical (unpaired) electrons. The van der Waals surface area contributed by atoms with Crippen molar-refractivity contribution < 1.29 is 4.42 Å². The molecule has 0 saturated carbocycles. The number of hydrogen-bond donors (Lipinski definition) is 0. The number of para-hydroxylation sites is 4. The van der Waals surface area contributed by atoms with E-state index in [1.807, 2.05) is 6.07 Å². The first-order valence-corrected chi connectivity index (χ1v) is 16.7. The van der Waals surface area contributed by atoms with Gasteiger partial charge in [-0.15, -0.1) is 0 Å². The summed E-state index contributed by atoms with van der Waals surface area (Å²) in [5.41, 5.74) is 9.88. The first kappa shape index (κ1) is 27.5. The molecule has 3 nitrogen and oxygen atoms in total. The van der Waals surface area contributed by atoms with Crippen LogP contribution < -0.4 is 4.90 Å². The molecule has 0 N–H and O–H groups in total. The highest BCUT2D eigenvalue weighted by molar-refractivity contribution is 6.21. The van der Waals surface area contributed by atoms with Crippen molar-refractivity contribution in [2.75, 3.05) is 4.90 Å². The van der Waals surface area contributed by atoms with E-state index in [2.05, 4.69) is 186 Å². The van der Waals surface area contributed by atoms with Crippen LogP contribution in [0.15, 0.2) is 187 Å². The summed E-state index contributed by atoms with van der Waals surface area (Å²) in [6.45, 7) is 0. The molecule has 230 valence electrons. The molecule has 2 heterocycles. The maximum Gasteiger partial charge on any atom is 0.136 e. The lowest BCUT2D eigenvalue weighted by molar-refractivity contribution is 0.669. The Bertz CT molecular complexity index is 2760. The summed E-state index contributed by atoms with van der Waals surface area (Å²) in [5, 5.41) is 8.28. The monoisotopic (exact) mass is 626 g/mol. The highest BCUT2D eigenvalue weighted by Crippen LogP contribution is 2.42. The zero-order valence-corrected chi connectivity index (χ0v) is 26.6. The molecular weight excluding hydrogens is 597 g/mol. The van der Waals surface area contributed by atoms with Gasteiger partial charge in [-0.25, -0.2) is 0 Å². The standard InChI is InChI=1S/C46H30N2O/c1-4-12-34(13-5-1)47-25-24-32-26-33-27-39(31-20-22-37(23-21-31)48(35-14-6-2-7-15-35)36-16-8-3-9-17-36)41-28-43-38-18-10-11-19-45(38)49-46(43)30-42(41)40(33)29-44(32)47/h1-30H. The van der Waals surface area contributed by atoms with E-state index in [1.165, 1.54) is 43.6 Å². The van der Waals surface area contributed by atoms with Gasteiger partial charge < -0.3 is 13.9 Å². The largest absolute Gasteiger partial charge is 0.456 e. The lowest BCUT2D eigenvalue weighted by atomic mass is 9.91. The average molecular weight is 627 g/mol. The van der Waals surface area contributed by atoms with Crippen LogP contribution in [-0.2, 0) is 0 Å². The van der Waals surface area contributed by atoms with Crippen molar-refractivity contribution in [3.8, 4) is 16.8 Å². The normalized spacial score (nSPS) is 11.7. The van der Waals surface area contributed by atoms with E-state index in [0.29, 0.717) is 0 Å². The molecule has 0 spiro atoms.